The van der Waals surface area contributed by atoms with Crippen molar-refractivity contribution in [3.63, 3.8) is 0 Å². The fraction of sp³-hybridized carbons (Fsp3) is 0.250. The van der Waals surface area contributed by atoms with Crippen molar-refractivity contribution < 1.29 is 14.7 Å². The number of nitrogens with one attached hydrogen (secondary N) is 1. The molecule has 2 N–H and O–H groups in total. The first-order chi connectivity index (χ1) is 9.86. The van der Waals surface area contributed by atoms with Gasteiger partial charge < -0.3 is 10.4 Å². The predicted molar refractivity (Wildman–Crippen MR) is 84.3 cm³/mol. The van der Waals surface area contributed by atoms with Gasteiger partial charge in [0.1, 0.15) is 5.00 Å². The highest BCUT2D eigenvalue weighted by atomic mass is 32.1. The SMILES string of the molecule is Cc1cc(C(=O)O)c(NC(=O)Cc2ccc(C)c(C)c2)s1. The van der Waals surface area contributed by atoms with Crippen LogP contribution < -0.4 is 5.32 Å². The summed E-state index contributed by atoms with van der Waals surface area (Å²) in [6.07, 6.45) is 0.233. The van der Waals surface area contributed by atoms with Crippen LogP contribution in [-0.2, 0) is 11.2 Å². The van der Waals surface area contributed by atoms with Crippen LogP contribution in [-0.4, -0.2) is 17.0 Å². The minimum Gasteiger partial charge on any atom is -0.478 e. The van der Waals surface area contributed by atoms with Crippen molar-refractivity contribution in [1.82, 2.24) is 0 Å². The molecule has 0 radical (unpaired) electrons. The second-order valence-electron chi connectivity index (χ2n) is 5.05. The standard InChI is InChI=1S/C16H17NO3S/c1-9-4-5-12(6-10(9)2)8-14(18)17-15-13(16(19)20)7-11(3)21-15/h4-7H,8H2,1-3H3,(H,17,18)(H,19,20). The minimum absolute atomic E-state index is 0.144. The maximum absolute atomic E-state index is 12.1. The van der Waals surface area contributed by atoms with Gasteiger partial charge in [-0.25, -0.2) is 4.79 Å². The van der Waals surface area contributed by atoms with Gasteiger partial charge in [-0.1, -0.05) is 18.2 Å². The number of aryl methyl sites for hydroxylation is 3. The van der Waals surface area contributed by atoms with Crippen LogP contribution in [0.5, 0.6) is 0 Å². The molecule has 1 aromatic carbocycles. The van der Waals surface area contributed by atoms with Crippen molar-refractivity contribution in [2.24, 2.45) is 0 Å². The number of carbonyl (C=O) groups excluding carboxylic acids is 1. The Morgan fingerprint density at radius 3 is 2.48 bits per heavy atom. The number of carboxylic acids is 1. The van der Waals surface area contributed by atoms with E-state index >= 15 is 0 Å². The summed E-state index contributed by atoms with van der Waals surface area (Å²) in [4.78, 5) is 24.0. The Morgan fingerprint density at radius 1 is 1.14 bits per heavy atom. The molecule has 2 rings (SSSR count). The summed E-state index contributed by atoms with van der Waals surface area (Å²) in [5, 5.41) is 12.2. The van der Waals surface area contributed by atoms with E-state index in [4.69, 9.17) is 5.11 Å². The summed E-state index contributed by atoms with van der Waals surface area (Å²) in [5.74, 6) is -1.23. The molecular weight excluding hydrogens is 286 g/mol. The van der Waals surface area contributed by atoms with Crippen LogP contribution in [0.3, 0.4) is 0 Å². The molecule has 5 heteroatoms. The zero-order chi connectivity index (χ0) is 15.6. The molecule has 21 heavy (non-hydrogen) atoms. The maximum atomic E-state index is 12.1. The molecule has 0 saturated carbocycles. The third kappa shape index (κ3) is 3.70. The van der Waals surface area contributed by atoms with Gasteiger partial charge in [-0.15, -0.1) is 11.3 Å². The lowest BCUT2D eigenvalue weighted by Gasteiger charge is -2.06. The molecule has 0 aliphatic heterocycles. The zero-order valence-corrected chi connectivity index (χ0v) is 13.0. The van der Waals surface area contributed by atoms with E-state index in [-0.39, 0.29) is 17.9 Å². The molecule has 1 aromatic heterocycles. The van der Waals surface area contributed by atoms with E-state index in [9.17, 15) is 9.59 Å². The first-order valence-electron chi connectivity index (χ1n) is 6.56. The van der Waals surface area contributed by atoms with Crippen LogP contribution in [0.25, 0.3) is 0 Å². The molecule has 2 aromatic rings. The summed E-state index contributed by atoms with van der Waals surface area (Å²) < 4.78 is 0. The molecule has 4 nitrogen and oxygen atoms in total. The molecule has 0 unspecified atom stereocenters. The van der Waals surface area contributed by atoms with E-state index in [0.29, 0.717) is 5.00 Å². The lowest BCUT2D eigenvalue weighted by atomic mass is 10.0. The van der Waals surface area contributed by atoms with Gasteiger partial charge in [-0.05, 0) is 43.5 Å². The molecule has 0 aliphatic rings. The normalized spacial score (nSPS) is 10.4. The summed E-state index contributed by atoms with van der Waals surface area (Å²) in [5.41, 5.74) is 3.38. The Hall–Kier alpha value is -2.14. The Balaban J connectivity index is 2.11. The fourth-order valence-corrected chi connectivity index (χ4v) is 2.96. The molecule has 0 spiro atoms. The zero-order valence-electron chi connectivity index (χ0n) is 12.2. The van der Waals surface area contributed by atoms with Gasteiger partial charge in [0.15, 0.2) is 0 Å². The van der Waals surface area contributed by atoms with Crippen LogP contribution in [0, 0.1) is 20.8 Å². The van der Waals surface area contributed by atoms with Crippen LogP contribution in [0.1, 0.15) is 31.9 Å². The summed E-state index contributed by atoms with van der Waals surface area (Å²) in [6, 6.07) is 7.45. The quantitative estimate of drug-likeness (QED) is 0.907. The third-order valence-electron chi connectivity index (χ3n) is 3.27. The first-order valence-corrected chi connectivity index (χ1v) is 7.38. The number of anilines is 1. The van der Waals surface area contributed by atoms with E-state index in [1.165, 1.54) is 16.9 Å². The maximum Gasteiger partial charge on any atom is 0.338 e. The number of hydrogen-bond acceptors (Lipinski definition) is 3. The monoisotopic (exact) mass is 303 g/mol. The average Bonchev–Trinajstić information content (AvgIpc) is 2.75. The van der Waals surface area contributed by atoms with Crippen LogP contribution in [0.2, 0.25) is 0 Å². The highest BCUT2D eigenvalue weighted by Crippen LogP contribution is 2.27. The number of hydrogen-bond donors (Lipinski definition) is 2. The molecule has 110 valence electrons. The molecule has 0 atom stereocenters. The van der Waals surface area contributed by atoms with Crippen molar-refractivity contribution in [3.8, 4) is 0 Å². The second-order valence-corrected chi connectivity index (χ2v) is 6.30. The topological polar surface area (TPSA) is 66.4 Å². The smallest absolute Gasteiger partial charge is 0.338 e. The number of rotatable bonds is 4. The lowest BCUT2D eigenvalue weighted by molar-refractivity contribution is -0.115. The van der Waals surface area contributed by atoms with Gasteiger partial charge in [-0.2, -0.15) is 0 Å². The number of benzene rings is 1. The Kier molecular flexibility index (Phi) is 4.43. The Morgan fingerprint density at radius 2 is 1.86 bits per heavy atom. The molecule has 0 saturated heterocycles. The number of thiophene rings is 1. The molecular formula is C16H17NO3S. The van der Waals surface area contributed by atoms with Gasteiger partial charge in [0.25, 0.3) is 0 Å². The van der Waals surface area contributed by atoms with Gasteiger partial charge >= 0.3 is 5.97 Å². The van der Waals surface area contributed by atoms with Crippen molar-refractivity contribution in [2.45, 2.75) is 27.2 Å². The largest absolute Gasteiger partial charge is 0.478 e. The highest BCUT2D eigenvalue weighted by molar-refractivity contribution is 7.16. The van der Waals surface area contributed by atoms with Gasteiger partial charge in [-0.3, -0.25) is 4.79 Å². The van der Waals surface area contributed by atoms with Crippen molar-refractivity contribution in [2.75, 3.05) is 5.32 Å². The molecule has 1 amide bonds. The van der Waals surface area contributed by atoms with Crippen LogP contribution in [0.15, 0.2) is 24.3 Å². The number of amides is 1. The van der Waals surface area contributed by atoms with E-state index < -0.39 is 5.97 Å². The molecule has 0 fully saturated rings. The Labute approximate surface area is 127 Å². The summed E-state index contributed by atoms with van der Waals surface area (Å²) >= 11 is 1.27. The summed E-state index contributed by atoms with van der Waals surface area (Å²) in [6.45, 7) is 5.84. The van der Waals surface area contributed by atoms with Gasteiger partial charge in [0, 0.05) is 4.88 Å². The van der Waals surface area contributed by atoms with Crippen LogP contribution >= 0.6 is 11.3 Å². The van der Waals surface area contributed by atoms with E-state index in [2.05, 4.69) is 5.32 Å². The van der Waals surface area contributed by atoms with Crippen molar-refractivity contribution >= 4 is 28.2 Å². The number of carbonyl (C=O) groups is 2. The number of aromatic carboxylic acids is 1. The second kappa shape index (κ2) is 6.10. The lowest BCUT2D eigenvalue weighted by Crippen LogP contribution is -2.15. The average molecular weight is 303 g/mol. The van der Waals surface area contributed by atoms with Crippen LogP contribution in [0.4, 0.5) is 5.00 Å². The van der Waals surface area contributed by atoms with E-state index in [0.717, 1.165) is 16.0 Å². The molecule has 0 bridgehead atoms. The molecule has 0 aliphatic carbocycles. The Bertz CT molecular complexity index is 704. The van der Waals surface area contributed by atoms with E-state index in [1.54, 1.807) is 6.07 Å². The van der Waals surface area contributed by atoms with Crippen molar-refractivity contribution in [3.05, 3.63) is 51.4 Å². The minimum atomic E-state index is -1.03. The fourth-order valence-electron chi connectivity index (χ4n) is 2.04. The van der Waals surface area contributed by atoms with E-state index in [1.807, 2.05) is 39.0 Å². The third-order valence-corrected chi connectivity index (χ3v) is 4.24. The number of carboxylic acid groups (broad SMARTS) is 1. The first kappa shape index (κ1) is 15.3. The predicted octanol–water partition coefficient (Wildman–Crippen LogP) is 3.55. The summed E-state index contributed by atoms with van der Waals surface area (Å²) in [7, 11) is 0. The van der Waals surface area contributed by atoms with Gasteiger partial charge in [0.05, 0.1) is 12.0 Å². The molecule has 1 heterocycles. The highest BCUT2D eigenvalue weighted by Gasteiger charge is 2.16. The van der Waals surface area contributed by atoms with Gasteiger partial charge in [0.2, 0.25) is 5.91 Å². The van der Waals surface area contributed by atoms with Crippen molar-refractivity contribution in [1.29, 1.82) is 0 Å².